The zero-order chi connectivity index (χ0) is 12.8. The van der Waals surface area contributed by atoms with Crippen molar-refractivity contribution in [3.63, 3.8) is 0 Å². The maximum absolute atomic E-state index is 5.92. The summed E-state index contributed by atoms with van der Waals surface area (Å²) in [6.45, 7) is 6.63. The molecule has 0 unspecified atom stereocenters. The van der Waals surface area contributed by atoms with Crippen molar-refractivity contribution in [2.45, 2.75) is 76.8 Å². The molecule has 1 rings (SSSR count). The molecule has 1 aliphatic carbocycles. The number of methoxy groups -OCH3 is 1. The van der Waals surface area contributed by atoms with Gasteiger partial charge in [-0.3, -0.25) is 4.58 Å². The average Bonchev–Trinajstić information content (AvgIpc) is 2.42. The minimum atomic E-state index is -1.67. The van der Waals surface area contributed by atoms with Gasteiger partial charge in [0.15, 0.2) is 5.79 Å². The third kappa shape index (κ3) is 3.78. The molecule has 0 radical (unpaired) electrons. The lowest BCUT2D eigenvalue weighted by molar-refractivity contribution is -0.391. The first kappa shape index (κ1) is 15.2. The van der Waals surface area contributed by atoms with E-state index >= 15 is 0 Å². The van der Waals surface area contributed by atoms with Crippen molar-refractivity contribution in [1.29, 1.82) is 0 Å². The SMILES string of the molecule is CC[Si](CC)(CC)OOC1(OC)CCCCC1. The Morgan fingerprint density at radius 3 is 1.88 bits per heavy atom. The van der Waals surface area contributed by atoms with Crippen LogP contribution in [0, 0.1) is 0 Å². The molecule has 3 nitrogen and oxygen atoms in total. The zero-order valence-corrected chi connectivity index (χ0v) is 12.9. The molecule has 17 heavy (non-hydrogen) atoms. The molecule has 0 N–H and O–H groups in total. The zero-order valence-electron chi connectivity index (χ0n) is 11.9. The molecule has 1 saturated carbocycles. The Hall–Kier alpha value is 0.0969. The van der Waals surface area contributed by atoms with Crippen LogP contribution >= 0.6 is 0 Å². The van der Waals surface area contributed by atoms with E-state index in [9.17, 15) is 0 Å². The van der Waals surface area contributed by atoms with Gasteiger partial charge in [-0.2, -0.15) is 0 Å². The molecule has 0 aliphatic heterocycles. The molecule has 0 bridgehead atoms. The largest absolute Gasteiger partial charge is 0.351 e. The van der Waals surface area contributed by atoms with E-state index in [1.807, 2.05) is 0 Å². The van der Waals surface area contributed by atoms with Crippen molar-refractivity contribution >= 4 is 8.32 Å². The lowest BCUT2D eigenvalue weighted by Gasteiger charge is -2.38. The summed E-state index contributed by atoms with van der Waals surface area (Å²) in [6, 6.07) is 3.33. The molecule has 0 heterocycles. The minimum Gasteiger partial charge on any atom is -0.351 e. The van der Waals surface area contributed by atoms with Crippen LogP contribution in [0.2, 0.25) is 18.1 Å². The molecule has 0 saturated heterocycles. The van der Waals surface area contributed by atoms with Crippen LogP contribution < -0.4 is 0 Å². The molecule has 0 aromatic heterocycles. The second-order valence-electron chi connectivity index (χ2n) is 5.09. The van der Waals surface area contributed by atoms with Crippen molar-refractivity contribution < 1.29 is 14.2 Å². The van der Waals surface area contributed by atoms with Crippen molar-refractivity contribution in [1.82, 2.24) is 0 Å². The van der Waals surface area contributed by atoms with E-state index in [1.165, 1.54) is 19.3 Å². The van der Waals surface area contributed by atoms with Gasteiger partial charge in [-0.05, 0) is 31.0 Å². The van der Waals surface area contributed by atoms with Crippen LogP contribution in [-0.2, 0) is 14.2 Å². The van der Waals surface area contributed by atoms with E-state index in [-0.39, 0.29) is 0 Å². The Morgan fingerprint density at radius 1 is 0.941 bits per heavy atom. The van der Waals surface area contributed by atoms with E-state index in [1.54, 1.807) is 7.11 Å². The highest BCUT2D eigenvalue weighted by atomic mass is 28.4. The van der Waals surface area contributed by atoms with Gasteiger partial charge in [0, 0.05) is 20.0 Å². The molecule has 1 aliphatic rings. The van der Waals surface area contributed by atoms with Crippen LogP contribution in [0.4, 0.5) is 0 Å². The summed E-state index contributed by atoms with van der Waals surface area (Å²) < 4.78 is 11.5. The van der Waals surface area contributed by atoms with Crippen LogP contribution in [0.15, 0.2) is 0 Å². The summed E-state index contributed by atoms with van der Waals surface area (Å²) in [5.41, 5.74) is 0. The van der Waals surface area contributed by atoms with Crippen LogP contribution in [0.3, 0.4) is 0 Å². The number of hydrogen-bond acceptors (Lipinski definition) is 3. The predicted octanol–water partition coefficient (Wildman–Crippen LogP) is 4.25. The maximum atomic E-state index is 5.92. The summed E-state index contributed by atoms with van der Waals surface area (Å²) in [5.74, 6) is -0.462. The van der Waals surface area contributed by atoms with Crippen molar-refractivity contribution in [3.05, 3.63) is 0 Å². The standard InChI is InChI=1S/C13H28O3Si/c1-5-17(6-2,7-3)16-15-13(14-4)11-9-8-10-12-13/h5-12H2,1-4H3. The van der Waals surface area contributed by atoms with Crippen LogP contribution in [0.1, 0.15) is 52.9 Å². The van der Waals surface area contributed by atoms with Gasteiger partial charge in [0.2, 0.25) is 8.32 Å². The highest BCUT2D eigenvalue weighted by molar-refractivity contribution is 6.73. The molecule has 0 amide bonds. The van der Waals surface area contributed by atoms with Gasteiger partial charge in [0.05, 0.1) is 0 Å². The van der Waals surface area contributed by atoms with Crippen molar-refractivity contribution in [3.8, 4) is 0 Å². The van der Waals surface area contributed by atoms with Crippen LogP contribution in [0.5, 0.6) is 0 Å². The first-order chi connectivity index (χ1) is 8.16. The summed E-state index contributed by atoms with van der Waals surface area (Å²) >= 11 is 0. The van der Waals surface area contributed by atoms with Gasteiger partial charge in [-0.25, -0.2) is 4.89 Å². The Morgan fingerprint density at radius 2 is 1.47 bits per heavy atom. The molecule has 0 aromatic carbocycles. The minimum absolute atomic E-state index is 0.462. The van der Waals surface area contributed by atoms with Crippen LogP contribution in [0.25, 0.3) is 0 Å². The maximum Gasteiger partial charge on any atom is 0.238 e. The number of rotatable bonds is 7. The second kappa shape index (κ2) is 6.88. The molecule has 0 spiro atoms. The number of ether oxygens (including phenoxy) is 1. The van der Waals surface area contributed by atoms with Gasteiger partial charge in [0.25, 0.3) is 0 Å². The Balaban J connectivity index is 2.56. The molecule has 102 valence electrons. The molecular formula is C13H28O3Si. The van der Waals surface area contributed by atoms with Crippen molar-refractivity contribution in [2.24, 2.45) is 0 Å². The lowest BCUT2D eigenvalue weighted by atomic mass is 9.94. The fourth-order valence-corrected chi connectivity index (χ4v) is 4.69. The molecule has 0 atom stereocenters. The molecule has 0 aromatic rings. The third-order valence-electron chi connectivity index (χ3n) is 4.29. The van der Waals surface area contributed by atoms with Crippen LogP contribution in [-0.4, -0.2) is 21.2 Å². The summed E-state index contributed by atoms with van der Waals surface area (Å²) in [6.07, 6.45) is 5.56. The highest BCUT2D eigenvalue weighted by Crippen LogP contribution is 2.34. The summed E-state index contributed by atoms with van der Waals surface area (Å²) in [5, 5.41) is 0. The quantitative estimate of drug-likeness (QED) is 0.296. The monoisotopic (exact) mass is 260 g/mol. The van der Waals surface area contributed by atoms with E-state index in [4.69, 9.17) is 14.2 Å². The Kier molecular flexibility index (Phi) is 6.13. The third-order valence-corrected chi connectivity index (χ3v) is 8.59. The normalized spacial score (nSPS) is 20.5. The first-order valence-corrected chi connectivity index (χ1v) is 9.61. The van der Waals surface area contributed by atoms with Crippen molar-refractivity contribution in [2.75, 3.05) is 7.11 Å². The molecule has 1 fully saturated rings. The first-order valence-electron chi connectivity index (χ1n) is 7.08. The average molecular weight is 260 g/mol. The topological polar surface area (TPSA) is 27.7 Å². The van der Waals surface area contributed by atoms with Gasteiger partial charge in [-0.1, -0.05) is 27.2 Å². The molecule has 4 heteroatoms. The predicted molar refractivity (Wildman–Crippen MR) is 72.2 cm³/mol. The number of hydrogen-bond donors (Lipinski definition) is 0. The van der Waals surface area contributed by atoms with Gasteiger partial charge in [-0.15, -0.1) is 0 Å². The Labute approximate surface area is 107 Å². The molecular weight excluding hydrogens is 232 g/mol. The van der Waals surface area contributed by atoms with E-state index in [0.717, 1.165) is 31.0 Å². The fraction of sp³-hybridized carbons (Fsp3) is 1.00. The summed E-state index contributed by atoms with van der Waals surface area (Å²) in [4.78, 5) is 5.80. The Bertz CT molecular complexity index is 202. The smallest absolute Gasteiger partial charge is 0.238 e. The van der Waals surface area contributed by atoms with Gasteiger partial charge < -0.3 is 4.74 Å². The second-order valence-corrected chi connectivity index (χ2v) is 9.74. The van der Waals surface area contributed by atoms with E-state index in [2.05, 4.69) is 20.8 Å². The van der Waals surface area contributed by atoms with Gasteiger partial charge in [0.1, 0.15) is 0 Å². The van der Waals surface area contributed by atoms with Gasteiger partial charge >= 0.3 is 0 Å². The fourth-order valence-electron chi connectivity index (χ4n) is 2.50. The highest BCUT2D eigenvalue weighted by Gasteiger charge is 2.39. The van der Waals surface area contributed by atoms with E-state index < -0.39 is 14.1 Å². The van der Waals surface area contributed by atoms with E-state index in [0.29, 0.717) is 0 Å². The summed E-state index contributed by atoms with van der Waals surface area (Å²) in [7, 11) is 0.0710. The lowest BCUT2D eigenvalue weighted by Crippen LogP contribution is -2.44.